The van der Waals surface area contributed by atoms with E-state index in [2.05, 4.69) is 43.4 Å². The quantitative estimate of drug-likeness (QED) is 0.863. The number of fused-ring (bicyclic) bond motifs is 1. The van der Waals surface area contributed by atoms with Crippen molar-refractivity contribution in [2.45, 2.75) is 45.7 Å². The van der Waals surface area contributed by atoms with Crippen molar-refractivity contribution in [3.63, 3.8) is 0 Å². The van der Waals surface area contributed by atoms with Crippen LogP contribution in [-0.4, -0.2) is 11.8 Å². The number of Topliss-reactive ketones (excluding diaryl/α,β-unsaturated/α-hetero) is 1. The van der Waals surface area contributed by atoms with Crippen molar-refractivity contribution in [3.05, 3.63) is 35.4 Å². The Morgan fingerprint density at radius 3 is 2.82 bits per heavy atom. The van der Waals surface area contributed by atoms with Crippen molar-refractivity contribution < 1.29 is 4.79 Å². The SMILES string of the molecule is CCC(C)CC(=O)C1Cc2ccccc2CN1. The minimum atomic E-state index is 0.0268. The Hall–Kier alpha value is -1.15. The van der Waals surface area contributed by atoms with Gasteiger partial charge in [0.25, 0.3) is 0 Å². The van der Waals surface area contributed by atoms with E-state index in [1.807, 2.05) is 0 Å². The summed E-state index contributed by atoms with van der Waals surface area (Å²) in [5, 5.41) is 3.35. The van der Waals surface area contributed by atoms with Gasteiger partial charge in [-0.2, -0.15) is 0 Å². The zero-order valence-corrected chi connectivity index (χ0v) is 10.7. The zero-order chi connectivity index (χ0) is 12.3. The van der Waals surface area contributed by atoms with Gasteiger partial charge in [0.2, 0.25) is 0 Å². The molecule has 0 aliphatic carbocycles. The molecule has 0 aromatic heterocycles. The topological polar surface area (TPSA) is 29.1 Å². The monoisotopic (exact) mass is 231 g/mol. The molecule has 1 aliphatic heterocycles. The average Bonchev–Trinajstić information content (AvgIpc) is 2.38. The number of rotatable bonds is 4. The van der Waals surface area contributed by atoms with E-state index in [4.69, 9.17) is 0 Å². The largest absolute Gasteiger partial charge is 0.303 e. The minimum absolute atomic E-state index is 0.0268. The van der Waals surface area contributed by atoms with E-state index in [1.165, 1.54) is 11.1 Å². The molecule has 0 saturated heterocycles. The normalized spacial score (nSPS) is 20.7. The summed E-state index contributed by atoms with van der Waals surface area (Å²) in [5.41, 5.74) is 2.66. The van der Waals surface area contributed by atoms with Crippen LogP contribution in [0, 0.1) is 5.92 Å². The molecule has 1 heterocycles. The molecule has 1 aromatic rings. The van der Waals surface area contributed by atoms with Crippen LogP contribution in [0.2, 0.25) is 0 Å². The molecule has 92 valence electrons. The lowest BCUT2D eigenvalue weighted by Crippen LogP contribution is -2.42. The summed E-state index contributed by atoms with van der Waals surface area (Å²) in [7, 11) is 0. The second-order valence-electron chi connectivity index (χ2n) is 5.09. The number of carbonyl (C=O) groups excluding carboxylic acids is 1. The van der Waals surface area contributed by atoms with Crippen molar-refractivity contribution in [2.24, 2.45) is 5.92 Å². The van der Waals surface area contributed by atoms with E-state index in [0.717, 1.165) is 19.4 Å². The average molecular weight is 231 g/mol. The highest BCUT2D eigenvalue weighted by Gasteiger charge is 2.24. The van der Waals surface area contributed by atoms with E-state index < -0.39 is 0 Å². The second kappa shape index (κ2) is 5.46. The van der Waals surface area contributed by atoms with E-state index in [0.29, 0.717) is 18.1 Å². The maximum absolute atomic E-state index is 12.1. The summed E-state index contributed by atoms with van der Waals surface area (Å²) in [6, 6.07) is 8.42. The molecule has 2 heteroatoms. The first-order valence-corrected chi connectivity index (χ1v) is 6.53. The van der Waals surface area contributed by atoms with Gasteiger partial charge in [-0.3, -0.25) is 4.79 Å². The van der Waals surface area contributed by atoms with E-state index >= 15 is 0 Å². The molecular formula is C15H21NO. The molecule has 17 heavy (non-hydrogen) atoms. The summed E-state index contributed by atoms with van der Waals surface area (Å²) >= 11 is 0. The number of carbonyl (C=O) groups is 1. The fraction of sp³-hybridized carbons (Fsp3) is 0.533. The Labute approximate surface area is 103 Å². The van der Waals surface area contributed by atoms with E-state index in [9.17, 15) is 4.79 Å². The van der Waals surface area contributed by atoms with Gasteiger partial charge >= 0.3 is 0 Å². The van der Waals surface area contributed by atoms with Gasteiger partial charge in [-0.05, 0) is 23.5 Å². The molecule has 0 bridgehead atoms. The first kappa shape index (κ1) is 12.3. The Bertz CT molecular complexity index is 400. The van der Waals surface area contributed by atoms with Crippen LogP contribution in [0.25, 0.3) is 0 Å². The standard InChI is InChI=1S/C15H21NO/c1-3-11(2)8-15(17)14-9-12-6-4-5-7-13(12)10-16-14/h4-7,11,14,16H,3,8-10H2,1-2H3. The molecule has 0 fully saturated rings. The van der Waals surface area contributed by atoms with Crippen molar-refractivity contribution in [3.8, 4) is 0 Å². The summed E-state index contributed by atoms with van der Waals surface area (Å²) in [6.07, 6.45) is 2.64. The number of nitrogens with one attached hydrogen (secondary N) is 1. The number of benzene rings is 1. The minimum Gasteiger partial charge on any atom is -0.303 e. The van der Waals surface area contributed by atoms with Crippen LogP contribution in [0.15, 0.2) is 24.3 Å². The number of hydrogen-bond donors (Lipinski definition) is 1. The Morgan fingerprint density at radius 2 is 2.12 bits per heavy atom. The van der Waals surface area contributed by atoms with Crippen LogP contribution >= 0.6 is 0 Å². The van der Waals surface area contributed by atoms with Crippen molar-refractivity contribution >= 4 is 5.78 Å². The molecule has 2 unspecified atom stereocenters. The summed E-state index contributed by atoms with van der Waals surface area (Å²) in [4.78, 5) is 12.1. The van der Waals surface area contributed by atoms with Gasteiger partial charge in [0.05, 0.1) is 6.04 Å². The van der Waals surface area contributed by atoms with Crippen LogP contribution in [0.3, 0.4) is 0 Å². The van der Waals surface area contributed by atoms with Gasteiger partial charge in [0.1, 0.15) is 5.78 Å². The summed E-state index contributed by atoms with van der Waals surface area (Å²) in [5.74, 6) is 0.871. The zero-order valence-electron chi connectivity index (χ0n) is 10.7. The molecule has 0 radical (unpaired) electrons. The fourth-order valence-corrected chi connectivity index (χ4v) is 2.31. The van der Waals surface area contributed by atoms with E-state index in [-0.39, 0.29) is 6.04 Å². The van der Waals surface area contributed by atoms with E-state index in [1.54, 1.807) is 0 Å². The third-order valence-corrected chi connectivity index (χ3v) is 3.72. The molecule has 0 spiro atoms. The number of hydrogen-bond acceptors (Lipinski definition) is 2. The molecule has 2 nitrogen and oxygen atoms in total. The van der Waals surface area contributed by atoms with Gasteiger partial charge in [-0.1, -0.05) is 44.5 Å². The van der Waals surface area contributed by atoms with Crippen LogP contribution in [-0.2, 0) is 17.8 Å². The first-order chi connectivity index (χ1) is 8.20. The van der Waals surface area contributed by atoms with Crippen molar-refractivity contribution in [1.82, 2.24) is 5.32 Å². The Balaban J connectivity index is 2.00. The van der Waals surface area contributed by atoms with Crippen LogP contribution in [0.4, 0.5) is 0 Å². The molecule has 1 aliphatic rings. The van der Waals surface area contributed by atoms with Gasteiger partial charge < -0.3 is 5.32 Å². The third-order valence-electron chi connectivity index (χ3n) is 3.72. The maximum Gasteiger partial charge on any atom is 0.150 e. The van der Waals surface area contributed by atoms with Crippen molar-refractivity contribution in [2.75, 3.05) is 0 Å². The Kier molecular flexibility index (Phi) is 3.95. The van der Waals surface area contributed by atoms with Gasteiger partial charge in [-0.15, -0.1) is 0 Å². The molecule has 0 saturated carbocycles. The van der Waals surface area contributed by atoms with Crippen LogP contribution < -0.4 is 5.32 Å². The summed E-state index contributed by atoms with van der Waals surface area (Å²) < 4.78 is 0. The first-order valence-electron chi connectivity index (χ1n) is 6.53. The van der Waals surface area contributed by atoms with Crippen LogP contribution in [0.1, 0.15) is 37.8 Å². The second-order valence-corrected chi connectivity index (χ2v) is 5.09. The molecule has 0 amide bonds. The molecule has 2 atom stereocenters. The lowest BCUT2D eigenvalue weighted by atomic mass is 9.90. The predicted molar refractivity (Wildman–Crippen MR) is 69.9 cm³/mol. The lowest BCUT2D eigenvalue weighted by Gasteiger charge is -2.25. The maximum atomic E-state index is 12.1. The highest BCUT2D eigenvalue weighted by atomic mass is 16.1. The van der Waals surface area contributed by atoms with Gasteiger partial charge in [0, 0.05) is 13.0 Å². The lowest BCUT2D eigenvalue weighted by molar-refractivity contribution is -0.122. The smallest absolute Gasteiger partial charge is 0.150 e. The fourth-order valence-electron chi connectivity index (χ4n) is 2.31. The molecule has 1 N–H and O–H groups in total. The van der Waals surface area contributed by atoms with Crippen LogP contribution in [0.5, 0.6) is 0 Å². The molecule has 1 aromatic carbocycles. The summed E-state index contributed by atoms with van der Waals surface area (Å²) in [6.45, 7) is 5.11. The highest BCUT2D eigenvalue weighted by molar-refractivity contribution is 5.84. The third kappa shape index (κ3) is 2.95. The Morgan fingerprint density at radius 1 is 1.41 bits per heavy atom. The van der Waals surface area contributed by atoms with Crippen molar-refractivity contribution in [1.29, 1.82) is 0 Å². The van der Waals surface area contributed by atoms with Gasteiger partial charge in [-0.25, -0.2) is 0 Å². The predicted octanol–water partition coefficient (Wildman–Crippen LogP) is 2.71. The molecule has 2 rings (SSSR count). The highest BCUT2D eigenvalue weighted by Crippen LogP contribution is 2.18. The number of ketones is 1. The molecular weight excluding hydrogens is 210 g/mol. The van der Waals surface area contributed by atoms with Gasteiger partial charge in [0.15, 0.2) is 0 Å².